The Bertz CT molecular complexity index is 857. The molecule has 0 spiro atoms. The number of carbonyl (C=O) groups excluding carboxylic acids is 2. The third kappa shape index (κ3) is 1.97. The number of amides is 2. The number of hydrogen-bond donors (Lipinski definition) is 1. The van der Waals surface area contributed by atoms with E-state index in [1.807, 2.05) is 36.4 Å². The quantitative estimate of drug-likeness (QED) is 0.681. The van der Waals surface area contributed by atoms with Crippen LogP contribution >= 0.6 is 0 Å². The second-order valence-corrected chi connectivity index (χ2v) is 6.75. The zero-order chi connectivity index (χ0) is 17.0. The lowest BCUT2D eigenvalue weighted by atomic mass is 9.85. The number of fused-ring (bicyclic) bond motifs is 5. The van der Waals surface area contributed by atoms with E-state index in [1.165, 1.54) is 0 Å². The van der Waals surface area contributed by atoms with Gasteiger partial charge in [0.2, 0.25) is 11.8 Å². The highest BCUT2D eigenvalue weighted by atomic mass is 16.2. The molecule has 2 aliphatic carbocycles. The zero-order valence-corrected chi connectivity index (χ0v) is 13.4. The minimum absolute atomic E-state index is 0.0290. The van der Waals surface area contributed by atoms with Gasteiger partial charge in [0, 0.05) is 23.6 Å². The highest BCUT2D eigenvalue weighted by molar-refractivity contribution is 6.07. The summed E-state index contributed by atoms with van der Waals surface area (Å²) in [6.45, 7) is 0. The lowest BCUT2D eigenvalue weighted by molar-refractivity contribution is -0.126. The van der Waals surface area contributed by atoms with Gasteiger partial charge in [0.25, 0.3) is 0 Å². The zero-order valence-electron chi connectivity index (χ0n) is 13.4. The number of benzene rings is 1. The van der Waals surface area contributed by atoms with Gasteiger partial charge in [-0.25, -0.2) is 0 Å². The van der Waals surface area contributed by atoms with Crippen molar-refractivity contribution in [1.82, 2.24) is 10.3 Å². The molecule has 4 atom stereocenters. The maximum atomic E-state index is 12.3. The van der Waals surface area contributed by atoms with Gasteiger partial charge in [-0.3, -0.25) is 19.9 Å². The summed E-state index contributed by atoms with van der Waals surface area (Å²) >= 11 is 0. The standard InChI is InChI=1S/C21H16N2O2/c24-20-18-13-9-10-14(19(18)21(25)23-20)17(13)16(12-6-2-1-3-7-12)15-8-4-5-11-22-15/h1-11,13-14,18-19H,(H,23,24,25)/t13-,14+,18-,19+. The minimum Gasteiger partial charge on any atom is -0.296 e. The number of nitrogens with one attached hydrogen (secondary N) is 1. The van der Waals surface area contributed by atoms with Crippen LogP contribution in [0.2, 0.25) is 0 Å². The molecular weight excluding hydrogens is 312 g/mol. The molecule has 1 aromatic heterocycles. The van der Waals surface area contributed by atoms with Gasteiger partial charge in [0.15, 0.2) is 0 Å². The van der Waals surface area contributed by atoms with E-state index in [0.29, 0.717) is 0 Å². The minimum atomic E-state index is -0.278. The first-order valence-electron chi connectivity index (χ1n) is 8.49. The van der Waals surface area contributed by atoms with E-state index in [0.717, 1.165) is 22.4 Å². The Morgan fingerprint density at radius 3 is 2.08 bits per heavy atom. The molecule has 1 saturated heterocycles. The molecule has 3 aliphatic rings. The van der Waals surface area contributed by atoms with Gasteiger partial charge in [-0.05, 0) is 23.3 Å². The summed E-state index contributed by atoms with van der Waals surface area (Å²) < 4.78 is 0. The van der Waals surface area contributed by atoms with E-state index in [4.69, 9.17) is 0 Å². The molecule has 0 radical (unpaired) electrons. The molecule has 2 heterocycles. The maximum absolute atomic E-state index is 12.3. The Kier molecular flexibility index (Phi) is 3.01. The smallest absolute Gasteiger partial charge is 0.231 e. The first-order chi connectivity index (χ1) is 12.3. The number of rotatable bonds is 2. The fourth-order valence-corrected chi connectivity index (χ4v) is 4.59. The van der Waals surface area contributed by atoms with Crippen molar-refractivity contribution in [2.24, 2.45) is 23.7 Å². The number of carbonyl (C=O) groups is 2. The number of aromatic nitrogens is 1. The van der Waals surface area contributed by atoms with Gasteiger partial charge in [-0.15, -0.1) is 0 Å². The lowest BCUT2D eigenvalue weighted by Gasteiger charge is -2.17. The van der Waals surface area contributed by atoms with Crippen molar-refractivity contribution in [2.45, 2.75) is 0 Å². The second kappa shape index (κ2) is 5.24. The van der Waals surface area contributed by atoms with E-state index in [-0.39, 0.29) is 35.5 Å². The number of hydrogen-bond acceptors (Lipinski definition) is 3. The Morgan fingerprint density at radius 1 is 0.840 bits per heavy atom. The Balaban J connectivity index is 1.75. The molecule has 4 nitrogen and oxygen atoms in total. The summed E-state index contributed by atoms with van der Waals surface area (Å²) in [5.41, 5.74) is 4.16. The predicted octanol–water partition coefficient (Wildman–Crippen LogP) is 2.59. The molecule has 4 heteroatoms. The Labute approximate surface area is 145 Å². The van der Waals surface area contributed by atoms with Crippen molar-refractivity contribution < 1.29 is 9.59 Å². The number of allylic oxidation sites excluding steroid dienone is 3. The van der Waals surface area contributed by atoms with Crippen LogP contribution < -0.4 is 5.32 Å². The molecule has 5 rings (SSSR count). The van der Waals surface area contributed by atoms with Crippen LogP contribution in [0.1, 0.15) is 11.3 Å². The molecule has 2 amide bonds. The first kappa shape index (κ1) is 14.3. The predicted molar refractivity (Wildman–Crippen MR) is 93.0 cm³/mol. The molecule has 122 valence electrons. The summed E-state index contributed by atoms with van der Waals surface area (Å²) in [4.78, 5) is 29.1. The molecule has 2 bridgehead atoms. The van der Waals surface area contributed by atoms with Crippen LogP contribution in [0.3, 0.4) is 0 Å². The average molecular weight is 328 g/mol. The largest absolute Gasteiger partial charge is 0.296 e. The number of nitrogens with zero attached hydrogens (tertiary/aromatic N) is 1. The van der Waals surface area contributed by atoms with Crippen molar-refractivity contribution in [3.63, 3.8) is 0 Å². The summed E-state index contributed by atoms with van der Waals surface area (Å²) in [6.07, 6.45) is 5.96. The van der Waals surface area contributed by atoms with Gasteiger partial charge in [0.05, 0.1) is 17.5 Å². The van der Waals surface area contributed by atoms with Crippen molar-refractivity contribution >= 4 is 17.4 Å². The van der Waals surface area contributed by atoms with E-state index >= 15 is 0 Å². The number of pyridine rings is 1. The molecule has 1 N–H and O–H groups in total. The van der Waals surface area contributed by atoms with E-state index < -0.39 is 0 Å². The fraction of sp³-hybridized carbons (Fsp3) is 0.190. The van der Waals surface area contributed by atoms with Crippen LogP contribution in [-0.2, 0) is 9.59 Å². The van der Waals surface area contributed by atoms with E-state index in [9.17, 15) is 9.59 Å². The molecule has 2 aromatic rings. The molecule has 2 fully saturated rings. The first-order valence-corrected chi connectivity index (χ1v) is 8.49. The van der Waals surface area contributed by atoms with Crippen LogP contribution in [-0.4, -0.2) is 16.8 Å². The third-order valence-electron chi connectivity index (χ3n) is 5.53. The summed E-state index contributed by atoms with van der Waals surface area (Å²) in [5, 5.41) is 2.50. The SMILES string of the molecule is O=C1NC(=O)[C@H]2[C@@H]1[C@H]1C=C[C@@H]2C1=C(c1ccccc1)c1ccccn1. The van der Waals surface area contributed by atoms with Gasteiger partial charge >= 0.3 is 0 Å². The molecule has 0 unspecified atom stereocenters. The van der Waals surface area contributed by atoms with Gasteiger partial charge in [-0.1, -0.05) is 48.6 Å². The van der Waals surface area contributed by atoms with Gasteiger partial charge in [0.1, 0.15) is 0 Å². The van der Waals surface area contributed by atoms with E-state index in [2.05, 4.69) is 34.6 Å². The molecular formula is C21H16N2O2. The molecule has 1 aromatic carbocycles. The van der Waals surface area contributed by atoms with Crippen molar-refractivity contribution in [2.75, 3.05) is 0 Å². The van der Waals surface area contributed by atoms with Crippen LogP contribution in [0.5, 0.6) is 0 Å². The summed E-state index contributed by atoms with van der Waals surface area (Å²) in [6, 6.07) is 16.0. The normalized spacial score (nSPS) is 31.2. The van der Waals surface area contributed by atoms with Crippen LogP contribution in [0.25, 0.3) is 5.57 Å². The van der Waals surface area contributed by atoms with Crippen molar-refractivity contribution in [3.8, 4) is 0 Å². The van der Waals surface area contributed by atoms with Crippen molar-refractivity contribution in [1.29, 1.82) is 0 Å². The monoisotopic (exact) mass is 328 g/mol. The topological polar surface area (TPSA) is 59.1 Å². The van der Waals surface area contributed by atoms with Gasteiger partial charge < -0.3 is 0 Å². The maximum Gasteiger partial charge on any atom is 0.231 e. The Hall–Kier alpha value is -3.01. The summed E-state index contributed by atoms with van der Waals surface area (Å²) in [5.74, 6) is -0.896. The Morgan fingerprint density at radius 2 is 1.48 bits per heavy atom. The number of imide groups is 1. The summed E-state index contributed by atoms with van der Waals surface area (Å²) in [7, 11) is 0. The van der Waals surface area contributed by atoms with Crippen molar-refractivity contribution in [3.05, 3.63) is 83.7 Å². The fourth-order valence-electron chi connectivity index (χ4n) is 4.59. The highest BCUT2D eigenvalue weighted by Crippen LogP contribution is 2.56. The van der Waals surface area contributed by atoms with Crippen LogP contribution in [0.15, 0.2) is 72.5 Å². The van der Waals surface area contributed by atoms with Crippen LogP contribution in [0.4, 0.5) is 0 Å². The molecule has 1 saturated carbocycles. The second-order valence-electron chi connectivity index (χ2n) is 6.75. The lowest BCUT2D eigenvalue weighted by Crippen LogP contribution is -2.26. The third-order valence-corrected chi connectivity index (χ3v) is 5.53. The molecule has 1 aliphatic heterocycles. The highest BCUT2D eigenvalue weighted by Gasteiger charge is 2.59. The average Bonchev–Trinajstić information content (AvgIpc) is 3.29. The van der Waals surface area contributed by atoms with Crippen LogP contribution in [0, 0.1) is 23.7 Å². The van der Waals surface area contributed by atoms with E-state index in [1.54, 1.807) is 6.20 Å². The van der Waals surface area contributed by atoms with Gasteiger partial charge in [-0.2, -0.15) is 0 Å². The molecule has 25 heavy (non-hydrogen) atoms.